The third-order valence-corrected chi connectivity index (χ3v) is 4.05. The molecule has 0 unspecified atom stereocenters. The number of allylic oxidation sites excluding steroid dienone is 1. The highest BCUT2D eigenvalue weighted by Gasteiger charge is 2.15. The van der Waals surface area contributed by atoms with Crippen LogP contribution in [0.1, 0.15) is 31.4 Å². The van der Waals surface area contributed by atoms with Crippen molar-refractivity contribution in [1.29, 1.82) is 0 Å². The number of aromatic hydroxyl groups is 1. The van der Waals surface area contributed by atoms with E-state index in [-0.39, 0.29) is 17.6 Å². The van der Waals surface area contributed by atoms with Crippen molar-refractivity contribution in [3.63, 3.8) is 0 Å². The van der Waals surface area contributed by atoms with Gasteiger partial charge >= 0.3 is 0 Å². The van der Waals surface area contributed by atoms with Crippen molar-refractivity contribution in [2.75, 3.05) is 11.1 Å². The van der Waals surface area contributed by atoms with Gasteiger partial charge in [0.15, 0.2) is 0 Å². The summed E-state index contributed by atoms with van der Waals surface area (Å²) in [5, 5.41) is 22.3. The fraction of sp³-hybridized carbons (Fsp3) is 0.250. The Hall–Kier alpha value is -2.79. The van der Waals surface area contributed by atoms with Crippen molar-refractivity contribution in [2.24, 2.45) is 5.92 Å². The number of phenolic OH excluding ortho intramolecular Hbond substituents is 1. The number of nitrogen functional groups attached to an aromatic ring is 1. The topological polar surface area (TPSA) is 95.6 Å². The van der Waals surface area contributed by atoms with Gasteiger partial charge in [-0.2, -0.15) is 0 Å². The molecule has 0 saturated carbocycles. The average Bonchev–Trinajstić information content (AvgIpc) is 2.60. The number of phenols is 1. The summed E-state index contributed by atoms with van der Waals surface area (Å²) in [4.78, 5) is 11.9. The predicted molar refractivity (Wildman–Crippen MR) is 100 cm³/mol. The minimum atomic E-state index is -0.605. The van der Waals surface area contributed by atoms with Gasteiger partial charge in [0.2, 0.25) is 5.91 Å². The minimum Gasteiger partial charge on any atom is -0.508 e. The number of nitrogens with one attached hydrogen (secondary N) is 1. The number of aliphatic hydroxyl groups excluding tert-OH is 1. The van der Waals surface area contributed by atoms with Crippen LogP contribution in [0.25, 0.3) is 0 Å². The van der Waals surface area contributed by atoms with Crippen LogP contribution in [0.15, 0.2) is 60.7 Å². The van der Waals surface area contributed by atoms with E-state index in [1.165, 1.54) is 6.08 Å². The van der Waals surface area contributed by atoms with Gasteiger partial charge in [-0.05, 0) is 54.7 Å². The summed E-state index contributed by atoms with van der Waals surface area (Å²) in [5.74, 6) is -0.0248. The first kappa shape index (κ1) is 18.5. The molecule has 25 heavy (non-hydrogen) atoms. The molecule has 5 N–H and O–H groups in total. The quantitative estimate of drug-likeness (QED) is 0.457. The Labute approximate surface area is 147 Å². The molecule has 5 heteroatoms. The van der Waals surface area contributed by atoms with Crippen LogP contribution < -0.4 is 11.1 Å². The monoisotopic (exact) mass is 340 g/mol. The zero-order valence-electron chi connectivity index (χ0n) is 14.2. The van der Waals surface area contributed by atoms with Crippen LogP contribution >= 0.6 is 0 Å². The number of carbonyl (C=O) groups excluding carboxylic acids is 1. The van der Waals surface area contributed by atoms with E-state index in [2.05, 4.69) is 5.32 Å². The van der Waals surface area contributed by atoms with Gasteiger partial charge in [0, 0.05) is 0 Å². The van der Waals surface area contributed by atoms with Gasteiger partial charge in [-0.3, -0.25) is 4.79 Å². The summed E-state index contributed by atoms with van der Waals surface area (Å²) < 4.78 is 0. The van der Waals surface area contributed by atoms with E-state index in [0.717, 1.165) is 12.0 Å². The standard InChI is InChI=1S/C20H24N2O3/c1-14(20(25)15-10-12-16(23)13-11-15)6-2-5-9-19(24)22-18-8-4-3-7-17(18)21/h3-5,7-14,20,23,25H,2,6,21H2,1H3,(H,22,24)/b9-5+/t14-,20+/m1/s1. The molecule has 1 amide bonds. The molecule has 0 fully saturated rings. The van der Waals surface area contributed by atoms with E-state index >= 15 is 0 Å². The van der Waals surface area contributed by atoms with Crippen LogP contribution in [0.3, 0.4) is 0 Å². The van der Waals surface area contributed by atoms with E-state index in [4.69, 9.17) is 5.73 Å². The van der Waals surface area contributed by atoms with Crippen LogP contribution in [0.5, 0.6) is 5.75 Å². The lowest BCUT2D eigenvalue weighted by atomic mass is 9.93. The first-order valence-electron chi connectivity index (χ1n) is 8.26. The van der Waals surface area contributed by atoms with Gasteiger partial charge in [0.25, 0.3) is 0 Å². The predicted octanol–water partition coefficient (Wildman–Crippen LogP) is 3.62. The first-order chi connectivity index (χ1) is 12.0. The van der Waals surface area contributed by atoms with Crippen molar-refractivity contribution in [1.82, 2.24) is 0 Å². The largest absolute Gasteiger partial charge is 0.508 e. The van der Waals surface area contributed by atoms with Crippen molar-refractivity contribution >= 4 is 17.3 Å². The summed E-state index contributed by atoms with van der Waals surface area (Å²) >= 11 is 0. The molecule has 0 heterocycles. The smallest absolute Gasteiger partial charge is 0.248 e. The van der Waals surface area contributed by atoms with Gasteiger partial charge in [-0.25, -0.2) is 0 Å². The van der Waals surface area contributed by atoms with Gasteiger partial charge < -0.3 is 21.3 Å². The molecular formula is C20H24N2O3. The average molecular weight is 340 g/mol. The number of aliphatic hydroxyl groups is 1. The number of amides is 1. The Morgan fingerprint density at radius 3 is 2.56 bits per heavy atom. The van der Waals surface area contributed by atoms with Crippen molar-refractivity contribution in [3.05, 3.63) is 66.2 Å². The second-order valence-electron chi connectivity index (χ2n) is 6.07. The highest BCUT2D eigenvalue weighted by Crippen LogP contribution is 2.26. The molecular weight excluding hydrogens is 316 g/mol. The van der Waals surface area contributed by atoms with Crippen molar-refractivity contribution in [2.45, 2.75) is 25.9 Å². The highest BCUT2D eigenvalue weighted by atomic mass is 16.3. The Bertz CT molecular complexity index is 726. The zero-order chi connectivity index (χ0) is 18.2. The van der Waals surface area contributed by atoms with Crippen LogP contribution in [0.2, 0.25) is 0 Å². The zero-order valence-corrected chi connectivity index (χ0v) is 14.2. The van der Waals surface area contributed by atoms with E-state index in [1.807, 2.05) is 19.1 Å². The van der Waals surface area contributed by atoms with Crippen LogP contribution in [0.4, 0.5) is 11.4 Å². The third kappa shape index (κ3) is 5.65. The minimum absolute atomic E-state index is 0.0296. The molecule has 2 rings (SSSR count). The Morgan fingerprint density at radius 2 is 1.88 bits per heavy atom. The molecule has 5 nitrogen and oxygen atoms in total. The van der Waals surface area contributed by atoms with Gasteiger partial charge in [-0.1, -0.05) is 37.3 Å². The maximum absolute atomic E-state index is 11.9. The normalized spacial score (nSPS) is 13.5. The molecule has 0 bridgehead atoms. The molecule has 0 saturated heterocycles. The molecule has 0 aliphatic carbocycles. The number of rotatable bonds is 7. The van der Waals surface area contributed by atoms with E-state index in [0.29, 0.717) is 17.8 Å². The summed E-state index contributed by atoms with van der Waals surface area (Å²) in [6, 6.07) is 13.6. The lowest BCUT2D eigenvalue weighted by Crippen LogP contribution is -2.10. The summed E-state index contributed by atoms with van der Waals surface area (Å²) in [7, 11) is 0. The molecule has 0 aliphatic rings. The SMILES string of the molecule is C[C@H](CC/C=C/C(=O)Nc1ccccc1N)[C@H](O)c1ccc(O)cc1. The number of hydrogen-bond acceptors (Lipinski definition) is 4. The van der Waals surface area contributed by atoms with Gasteiger partial charge in [-0.15, -0.1) is 0 Å². The molecule has 2 aromatic rings. The lowest BCUT2D eigenvalue weighted by Gasteiger charge is -2.18. The number of para-hydroxylation sites is 2. The van der Waals surface area contributed by atoms with Crippen LogP contribution in [-0.2, 0) is 4.79 Å². The number of anilines is 2. The fourth-order valence-electron chi connectivity index (χ4n) is 2.49. The van der Waals surface area contributed by atoms with Crippen LogP contribution in [0, 0.1) is 5.92 Å². The summed E-state index contributed by atoms with van der Waals surface area (Å²) in [6.45, 7) is 1.95. The lowest BCUT2D eigenvalue weighted by molar-refractivity contribution is -0.111. The Morgan fingerprint density at radius 1 is 1.20 bits per heavy atom. The maximum Gasteiger partial charge on any atom is 0.248 e. The van der Waals surface area contributed by atoms with E-state index < -0.39 is 6.10 Å². The number of carbonyl (C=O) groups is 1. The maximum atomic E-state index is 11.9. The van der Waals surface area contributed by atoms with Gasteiger partial charge in [0.05, 0.1) is 17.5 Å². The second kappa shape index (κ2) is 8.89. The van der Waals surface area contributed by atoms with E-state index in [1.54, 1.807) is 42.5 Å². The molecule has 0 aliphatic heterocycles. The number of nitrogens with two attached hydrogens (primary N) is 1. The molecule has 2 aromatic carbocycles. The number of hydrogen-bond donors (Lipinski definition) is 4. The first-order valence-corrected chi connectivity index (χ1v) is 8.26. The van der Waals surface area contributed by atoms with E-state index in [9.17, 15) is 15.0 Å². The van der Waals surface area contributed by atoms with Crippen molar-refractivity contribution in [3.8, 4) is 5.75 Å². The summed E-state index contributed by atoms with van der Waals surface area (Å²) in [6.07, 6.45) is 4.07. The van der Waals surface area contributed by atoms with Crippen molar-refractivity contribution < 1.29 is 15.0 Å². The molecule has 132 valence electrons. The van der Waals surface area contributed by atoms with Crippen LogP contribution in [-0.4, -0.2) is 16.1 Å². The third-order valence-electron chi connectivity index (χ3n) is 4.05. The molecule has 2 atom stereocenters. The van der Waals surface area contributed by atoms with Gasteiger partial charge in [0.1, 0.15) is 5.75 Å². The Kier molecular flexibility index (Phi) is 6.60. The second-order valence-corrected chi connectivity index (χ2v) is 6.07. The molecule has 0 radical (unpaired) electrons. The summed E-state index contributed by atoms with van der Waals surface area (Å²) in [5.41, 5.74) is 7.66. The highest BCUT2D eigenvalue weighted by molar-refractivity contribution is 6.01. The fourth-order valence-corrected chi connectivity index (χ4v) is 2.49. The number of benzene rings is 2. The Balaban J connectivity index is 1.79. The molecule has 0 spiro atoms. The molecule has 0 aromatic heterocycles.